The first-order valence-corrected chi connectivity index (χ1v) is 6.87. The van der Waals surface area contributed by atoms with E-state index in [0.717, 1.165) is 19.4 Å². The van der Waals surface area contributed by atoms with E-state index in [1.54, 1.807) is 0 Å². The van der Waals surface area contributed by atoms with E-state index in [-0.39, 0.29) is 23.7 Å². The van der Waals surface area contributed by atoms with E-state index in [2.05, 4.69) is 5.32 Å². The minimum Gasteiger partial charge on any atom is -0.369 e. The number of likely N-dealkylation sites (tertiary alicyclic amines) is 1. The Labute approximate surface area is 108 Å². The zero-order valence-electron chi connectivity index (χ0n) is 11.0. The number of primary amides is 1. The minimum atomic E-state index is -0.249. The number of nitrogens with one attached hydrogen (secondary N) is 1. The summed E-state index contributed by atoms with van der Waals surface area (Å²) < 4.78 is 0. The molecule has 0 aromatic heterocycles. The molecule has 3 N–H and O–H groups in total. The third-order valence-corrected chi connectivity index (χ3v) is 4.14. The summed E-state index contributed by atoms with van der Waals surface area (Å²) in [6, 6.07) is 0.365. The van der Waals surface area contributed by atoms with Crippen molar-refractivity contribution in [3.63, 3.8) is 0 Å². The average Bonchev–Trinajstić information content (AvgIpc) is 2.88. The molecule has 1 heterocycles. The fourth-order valence-corrected chi connectivity index (χ4v) is 3.11. The normalized spacial score (nSPS) is 29.6. The number of carbonyl (C=O) groups excluding carboxylic acids is 2. The van der Waals surface area contributed by atoms with E-state index in [0.29, 0.717) is 19.1 Å². The Balaban J connectivity index is 1.76. The van der Waals surface area contributed by atoms with Gasteiger partial charge in [-0.15, -0.1) is 0 Å². The molecule has 1 saturated heterocycles. The molecular formula is C13H23N3O2. The van der Waals surface area contributed by atoms with Gasteiger partial charge in [0, 0.05) is 19.1 Å². The second-order valence-corrected chi connectivity index (χ2v) is 5.73. The van der Waals surface area contributed by atoms with Crippen LogP contribution in [0.25, 0.3) is 0 Å². The van der Waals surface area contributed by atoms with Gasteiger partial charge in [-0.05, 0) is 18.8 Å². The number of nitrogens with two attached hydrogens (primary N) is 1. The summed E-state index contributed by atoms with van der Waals surface area (Å²) in [6.45, 7) is 3.81. The Morgan fingerprint density at radius 3 is 2.50 bits per heavy atom. The monoisotopic (exact) mass is 253 g/mol. The first-order valence-electron chi connectivity index (χ1n) is 6.87. The summed E-state index contributed by atoms with van der Waals surface area (Å²) in [5, 5.41) is 3.07. The van der Waals surface area contributed by atoms with Crippen LogP contribution in [0.3, 0.4) is 0 Å². The Morgan fingerprint density at radius 2 is 1.94 bits per heavy atom. The maximum atomic E-state index is 11.9. The summed E-state index contributed by atoms with van der Waals surface area (Å²) in [5.74, 6) is -0.0218. The van der Waals surface area contributed by atoms with Crippen LogP contribution >= 0.6 is 0 Å². The Morgan fingerprint density at radius 1 is 1.28 bits per heavy atom. The molecule has 2 aliphatic rings. The molecule has 1 saturated carbocycles. The standard InChI is InChI=1S/C13H23N3O2/c1-9-6-16(7-11(9)13(14)18)8-12(17)15-10-4-2-3-5-10/h9-11H,2-8H2,1H3,(H2,14,18)(H,15,17)/t9-,11-/m1/s1. The molecule has 2 rings (SSSR count). The minimum absolute atomic E-state index is 0.0826. The molecule has 2 atom stereocenters. The van der Waals surface area contributed by atoms with Gasteiger partial charge in [-0.3, -0.25) is 14.5 Å². The quantitative estimate of drug-likeness (QED) is 0.746. The average molecular weight is 253 g/mol. The van der Waals surface area contributed by atoms with Gasteiger partial charge in [0.2, 0.25) is 11.8 Å². The van der Waals surface area contributed by atoms with Crippen LogP contribution < -0.4 is 11.1 Å². The van der Waals surface area contributed by atoms with Gasteiger partial charge in [0.05, 0.1) is 12.5 Å². The van der Waals surface area contributed by atoms with Crippen molar-refractivity contribution in [1.82, 2.24) is 10.2 Å². The van der Waals surface area contributed by atoms with E-state index in [1.807, 2.05) is 11.8 Å². The first-order chi connectivity index (χ1) is 8.56. The highest BCUT2D eigenvalue weighted by molar-refractivity contribution is 5.79. The molecule has 102 valence electrons. The Kier molecular flexibility index (Phi) is 4.22. The zero-order chi connectivity index (χ0) is 13.1. The lowest BCUT2D eigenvalue weighted by Crippen LogP contribution is -2.40. The summed E-state index contributed by atoms with van der Waals surface area (Å²) >= 11 is 0. The van der Waals surface area contributed by atoms with Crippen LogP contribution in [0.1, 0.15) is 32.6 Å². The van der Waals surface area contributed by atoms with Crippen molar-refractivity contribution in [3.8, 4) is 0 Å². The molecule has 0 radical (unpaired) electrons. The van der Waals surface area contributed by atoms with E-state index >= 15 is 0 Å². The SMILES string of the molecule is C[C@@H]1CN(CC(=O)NC2CCCC2)C[C@H]1C(N)=O. The number of rotatable bonds is 4. The molecule has 0 bridgehead atoms. The predicted molar refractivity (Wildman–Crippen MR) is 68.7 cm³/mol. The maximum Gasteiger partial charge on any atom is 0.234 e. The van der Waals surface area contributed by atoms with Crippen molar-refractivity contribution >= 4 is 11.8 Å². The zero-order valence-corrected chi connectivity index (χ0v) is 11.0. The van der Waals surface area contributed by atoms with Gasteiger partial charge >= 0.3 is 0 Å². The summed E-state index contributed by atoms with van der Waals surface area (Å²) in [7, 11) is 0. The van der Waals surface area contributed by atoms with Crippen LogP contribution in [0, 0.1) is 11.8 Å². The van der Waals surface area contributed by atoms with Gasteiger partial charge in [-0.2, -0.15) is 0 Å². The Bertz CT molecular complexity index is 326. The van der Waals surface area contributed by atoms with Crippen molar-refractivity contribution < 1.29 is 9.59 Å². The lowest BCUT2D eigenvalue weighted by Gasteiger charge is -2.17. The highest BCUT2D eigenvalue weighted by Crippen LogP contribution is 2.22. The largest absolute Gasteiger partial charge is 0.369 e. The van der Waals surface area contributed by atoms with Crippen LogP contribution in [0.2, 0.25) is 0 Å². The fraction of sp³-hybridized carbons (Fsp3) is 0.846. The number of amides is 2. The molecule has 2 fully saturated rings. The van der Waals surface area contributed by atoms with E-state index < -0.39 is 0 Å². The third-order valence-electron chi connectivity index (χ3n) is 4.14. The smallest absolute Gasteiger partial charge is 0.234 e. The van der Waals surface area contributed by atoms with Crippen molar-refractivity contribution in [1.29, 1.82) is 0 Å². The van der Waals surface area contributed by atoms with Crippen molar-refractivity contribution in [2.75, 3.05) is 19.6 Å². The highest BCUT2D eigenvalue weighted by Gasteiger charge is 2.34. The predicted octanol–water partition coefficient (Wildman–Crippen LogP) is 0.0984. The lowest BCUT2D eigenvalue weighted by atomic mass is 9.98. The maximum absolute atomic E-state index is 11.9. The molecule has 0 unspecified atom stereocenters. The van der Waals surface area contributed by atoms with Gasteiger partial charge in [0.15, 0.2) is 0 Å². The number of hydrogen-bond acceptors (Lipinski definition) is 3. The number of hydrogen-bond donors (Lipinski definition) is 2. The van der Waals surface area contributed by atoms with Crippen molar-refractivity contribution in [2.45, 2.75) is 38.6 Å². The third kappa shape index (κ3) is 3.22. The van der Waals surface area contributed by atoms with Gasteiger partial charge in [0.1, 0.15) is 0 Å². The van der Waals surface area contributed by atoms with E-state index in [1.165, 1.54) is 12.8 Å². The summed E-state index contributed by atoms with van der Waals surface area (Å²) in [6.07, 6.45) is 4.64. The van der Waals surface area contributed by atoms with Crippen LogP contribution in [-0.4, -0.2) is 42.4 Å². The topological polar surface area (TPSA) is 75.4 Å². The molecule has 0 aromatic carbocycles. The van der Waals surface area contributed by atoms with Crippen molar-refractivity contribution in [3.05, 3.63) is 0 Å². The van der Waals surface area contributed by atoms with Crippen LogP contribution in [0.5, 0.6) is 0 Å². The molecule has 18 heavy (non-hydrogen) atoms. The van der Waals surface area contributed by atoms with E-state index in [9.17, 15) is 9.59 Å². The Hall–Kier alpha value is -1.10. The fourth-order valence-electron chi connectivity index (χ4n) is 3.11. The van der Waals surface area contributed by atoms with Crippen LogP contribution in [-0.2, 0) is 9.59 Å². The molecule has 1 aliphatic heterocycles. The lowest BCUT2D eigenvalue weighted by molar-refractivity contribution is -0.124. The molecule has 1 aliphatic carbocycles. The number of nitrogens with zero attached hydrogens (tertiary/aromatic N) is 1. The molecule has 5 nitrogen and oxygen atoms in total. The second-order valence-electron chi connectivity index (χ2n) is 5.73. The first kappa shape index (κ1) is 13.3. The summed E-state index contributed by atoms with van der Waals surface area (Å²) in [5.41, 5.74) is 5.35. The van der Waals surface area contributed by atoms with Gasteiger partial charge < -0.3 is 11.1 Å². The number of carbonyl (C=O) groups is 2. The van der Waals surface area contributed by atoms with Crippen molar-refractivity contribution in [2.24, 2.45) is 17.6 Å². The second kappa shape index (κ2) is 5.69. The van der Waals surface area contributed by atoms with Gasteiger partial charge in [0.25, 0.3) is 0 Å². The molecule has 5 heteroatoms. The van der Waals surface area contributed by atoms with E-state index in [4.69, 9.17) is 5.73 Å². The highest BCUT2D eigenvalue weighted by atomic mass is 16.2. The molecule has 0 aromatic rings. The molecular weight excluding hydrogens is 230 g/mol. The van der Waals surface area contributed by atoms with Gasteiger partial charge in [-0.25, -0.2) is 0 Å². The molecule has 2 amide bonds. The summed E-state index contributed by atoms with van der Waals surface area (Å²) in [4.78, 5) is 25.1. The molecule has 0 spiro atoms. The van der Waals surface area contributed by atoms with Crippen LogP contribution in [0.15, 0.2) is 0 Å². The van der Waals surface area contributed by atoms with Crippen LogP contribution in [0.4, 0.5) is 0 Å². The van der Waals surface area contributed by atoms with Gasteiger partial charge in [-0.1, -0.05) is 19.8 Å².